The second kappa shape index (κ2) is 10.7. The van der Waals surface area contributed by atoms with Crippen molar-refractivity contribution in [3.05, 3.63) is 65.2 Å². The van der Waals surface area contributed by atoms with Gasteiger partial charge < -0.3 is 10.2 Å². The zero-order chi connectivity index (χ0) is 19.8. The van der Waals surface area contributed by atoms with Gasteiger partial charge >= 0.3 is 6.03 Å². The molecule has 0 radical (unpaired) electrons. The van der Waals surface area contributed by atoms with E-state index in [-0.39, 0.29) is 6.03 Å². The lowest BCUT2D eigenvalue weighted by Crippen LogP contribution is -2.46. The van der Waals surface area contributed by atoms with Crippen molar-refractivity contribution in [3.63, 3.8) is 0 Å². The summed E-state index contributed by atoms with van der Waals surface area (Å²) in [6, 6.07) is 17.3. The Balaban J connectivity index is 1.31. The molecule has 28 heavy (non-hydrogen) atoms. The summed E-state index contributed by atoms with van der Waals surface area (Å²) in [6.07, 6.45) is 0.906. The maximum Gasteiger partial charge on any atom is 0.331 e. The normalized spacial score (nSPS) is 15.4. The SMILES string of the molecule is O=C(Nc1ccccc1)N(S)CCCN1CCN(Cc2ccc(Cl)cc2)CC1. The highest BCUT2D eigenvalue weighted by Gasteiger charge is 2.17. The molecule has 0 bridgehead atoms. The first kappa shape index (κ1) is 21.0. The monoisotopic (exact) mass is 418 g/mol. The molecule has 1 fully saturated rings. The third-order valence-electron chi connectivity index (χ3n) is 4.89. The zero-order valence-electron chi connectivity index (χ0n) is 15.9. The number of benzene rings is 2. The number of piperazine rings is 1. The van der Waals surface area contributed by atoms with Crippen molar-refractivity contribution in [3.8, 4) is 0 Å². The third-order valence-corrected chi connectivity index (χ3v) is 5.52. The van der Waals surface area contributed by atoms with Crippen LogP contribution in [0.4, 0.5) is 10.5 Å². The number of hydrogen-bond donors (Lipinski definition) is 2. The van der Waals surface area contributed by atoms with E-state index >= 15 is 0 Å². The van der Waals surface area contributed by atoms with E-state index in [1.165, 1.54) is 9.87 Å². The van der Waals surface area contributed by atoms with Gasteiger partial charge in [0.1, 0.15) is 0 Å². The quantitative estimate of drug-likeness (QED) is 0.661. The number of nitrogens with zero attached hydrogens (tertiary/aromatic N) is 3. The van der Waals surface area contributed by atoms with Crippen LogP contribution in [0.5, 0.6) is 0 Å². The lowest BCUT2D eigenvalue weighted by molar-refractivity contribution is 0.125. The summed E-state index contributed by atoms with van der Waals surface area (Å²) in [5.41, 5.74) is 2.08. The zero-order valence-corrected chi connectivity index (χ0v) is 17.6. The Bertz CT molecular complexity index is 736. The summed E-state index contributed by atoms with van der Waals surface area (Å²) < 4.78 is 1.45. The second-order valence-corrected chi connectivity index (χ2v) is 7.94. The topological polar surface area (TPSA) is 38.8 Å². The van der Waals surface area contributed by atoms with Crippen LogP contribution in [0, 0.1) is 0 Å². The fraction of sp³-hybridized carbons (Fsp3) is 0.381. The minimum absolute atomic E-state index is 0.192. The molecule has 1 aliphatic rings. The molecule has 2 aromatic carbocycles. The van der Waals surface area contributed by atoms with E-state index in [1.807, 2.05) is 42.5 Å². The average molecular weight is 419 g/mol. The molecule has 150 valence electrons. The minimum atomic E-state index is -0.192. The van der Waals surface area contributed by atoms with Crippen molar-refractivity contribution in [2.45, 2.75) is 13.0 Å². The molecule has 0 unspecified atom stereocenters. The third kappa shape index (κ3) is 6.71. The van der Waals surface area contributed by atoms with E-state index in [2.05, 4.69) is 40.1 Å². The Morgan fingerprint density at radius 1 is 1.00 bits per heavy atom. The summed E-state index contributed by atoms with van der Waals surface area (Å²) >= 11 is 10.3. The number of thiol groups is 1. The molecule has 0 saturated carbocycles. The van der Waals surface area contributed by atoms with Gasteiger partial charge in [-0.15, -0.1) is 0 Å². The van der Waals surface area contributed by atoms with Gasteiger partial charge in [-0.3, -0.25) is 9.21 Å². The van der Waals surface area contributed by atoms with Crippen LogP contribution in [-0.4, -0.2) is 59.4 Å². The Labute approximate surface area is 177 Å². The molecule has 0 aromatic heterocycles. The number of hydrogen-bond acceptors (Lipinski definition) is 4. The molecule has 1 heterocycles. The van der Waals surface area contributed by atoms with Crippen molar-refractivity contribution >= 4 is 36.1 Å². The molecule has 5 nitrogen and oxygen atoms in total. The Morgan fingerprint density at radius 3 is 2.32 bits per heavy atom. The van der Waals surface area contributed by atoms with Crippen LogP contribution in [0.15, 0.2) is 54.6 Å². The van der Waals surface area contributed by atoms with Gasteiger partial charge in [0.2, 0.25) is 0 Å². The number of halogens is 1. The number of amides is 2. The second-order valence-electron chi connectivity index (χ2n) is 7.02. The molecule has 7 heteroatoms. The average Bonchev–Trinajstić information content (AvgIpc) is 2.71. The molecule has 1 N–H and O–H groups in total. The van der Waals surface area contributed by atoms with Crippen LogP contribution in [0.2, 0.25) is 5.02 Å². The van der Waals surface area contributed by atoms with Crippen molar-refractivity contribution in [1.29, 1.82) is 0 Å². The summed E-state index contributed by atoms with van der Waals surface area (Å²) in [5.74, 6) is 0. The van der Waals surface area contributed by atoms with Gasteiger partial charge in [-0.2, -0.15) is 0 Å². The van der Waals surface area contributed by atoms with Crippen molar-refractivity contribution in [2.75, 3.05) is 44.6 Å². The van der Waals surface area contributed by atoms with E-state index in [1.54, 1.807) is 0 Å². The van der Waals surface area contributed by atoms with Crippen LogP contribution in [0.1, 0.15) is 12.0 Å². The van der Waals surface area contributed by atoms with Crippen LogP contribution >= 0.6 is 24.4 Å². The number of nitrogens with one attached hydrogen (secondary N) is 1. The van der Waals surface area contributed by atoms with Crippen molar-refractivity contribution in [1.82, 2.24) is 14.1 Å². The lowest BCUT2D eigenvalue weighted by atomic mass is 10.2. The molecular weight excluding hydrogens is 392 g/mol. The highest BCUT2D eigenvalue weighted by molar-refractivity contribution is 7.78. The van der Waals surface area contributed by atoms with Crippen LogP contribution in [-0.2, 0) is 6.54 Å². The molecule has 3 rings (SSSR count). The molecule has 2 amide bonds. The number of carbonyl (C=O) groups is 1. The van der Waals surface area contributed by atoms with E-state index in [0.29, 0.717) is 6.54 Å². The van der Waals surface area contributed by atoms with Gasteiger partial charge in [-0.25, -0.2) is 4.79 Å². The first-order valence-corrected chi connectivity index (χ1v) is 10.4. The first-order valence-electron chi connectivity index (χ1n) is 9.62. The first-order chi connectivity index (χ1) is 13.6. The van der Waals surface area contributed by atoms with E-state index < -0.39 is 0 Å². The summed E-state index contributed by atoms with van der Waals surface area (Å²) in [7, 11) is 0. The maximum absolute atomic E-state index is 12.1. The Hall–Kier alpha value is -1.73. The molecule has 0 aliphatic carbocycles. The van der Waals surface area contributed by atoms with Crippen molar-refractivity contribution in [2.24, 2.45) is 0 Å². The number of anilines is 1. The fourth-order valence-corrected chi connectivity index (χ4v) is 3.59. The van der Waals surface area contributed by atoms with Gasteiger partial charge in [0, 0.05) is 50.0 Å². The van der Waals surface area contributed by atoms with Gasteiger partial charge in [0.15, 0.2) is 0 Å². The fourth-order valence-electron chi connectivity index (χ4n) is 3.27. The minimum Gasteiger partial charge on any atom is -0.307 e. The van der Waals surface area contributed by atoms with Gasteiger partial charge in [0.25, 0.3) is 0 Å². The van der Waals surface area contributed by atoms with Gasteiger partial charge in [-0.05, 0) is 42.8 Å². The van der Waals surface area contributed by atoms with Crippen LogP contribution in [0.25, 0.3) is 0 Å². The van der Waals surface area contributed by atoms with E-state index in [4.69, 9.17) is 11.6 Å². The smallest absolute Gasteiger partial charge is 0.307 e. The standard InChI is InChI=1S/C21H27ClN4OS/c22-19-9-7-18(8-10-19)17-25-15-13-24(14-16-25)11-4-12-26(28)21(27)23-20-5-2-1-3-6-20/h1-3,5-10,28H,4,11-17H2,(H,23,27). The number of rotatable bonds is 7. The molecule has 1 aliphatic heterocycles. The number of para-hydroxylation sites is 1. The Kier molecular flexibility index (Phi) is 8.03. The molecule has 0 atom stereocenters. The van der Waals surface area contributed by atoms with Gasteiger partial charge in [0.05, 0.1) is 0 Å². The highest BCUT2D eigenvalue weighted by Crippen LogP contribution is 2.13. The molecular formula is C21H27ClN4OS. The molecule has 1 saturated heterocycles. The van der Waals surface area contributed by atoms with Crippen LogP contribution < -0.4 is 5.32 Å². The maximum atomic E-state index is 12.1. The van der Waals surface area contributed by atoms with E-state index in [0.717, 1.165) is 56.4 Å². The predicted octanol–water partition coefficient (Wildman–Crippen LogP) is 4.23. The summed E-state index contributed by atoms with van der Waals surface area (Å²) in [5, 5.41) is 3.63. The number of carbonyl (C=O) groups excluding carboxylic acids is 1. The van der Waals surface area contributed by atoms with E-state index in [9.17, 15) is 4.79 Å². The molecule has 0 spiro atoms. The van der Waals surface area contributed by atoms with Crippen LogP contribution in [0.3, 0.4) is 0 Å². The van der Waals surface area contributed by atoms with Crippen molar-refractivity contribution < 1.29 is 4.79 Å². The Morgan fingerprint density at radius 2 is 1.64 bits per heavy atom. The molecule has 2 aromatic rings. The predicted molar refractivity (Wildman–Crippen MR) is 119 cm³/mol. The van der Waals surface area contributed by atoms with Gasteiger partial charge in [-0.1, -0.05) is 54.7 Å². The lowest BCUT2D eigenvalue weighted by Gasteiger charge is -2.35. The number of urea groups is 1. The highest BCUT2D eigenvalue weighted by atomic mass is 35.5. The summed E-state index contributed by atoms with van der Waals surface area (Å²) in [6.45, 7) is 6.78. The largest absolute Gasteiger partial charge is 0.331 e. The summed E-state index contributed by atoms with van der Waals surface area (Å²) in [4.78, 5) is 17.1.